The van der Waals surface area contributed by atoms with Crippen LogP contribution in [0.3, 0.4) is 0 Å². The van der Waals surface area contributed by atoms with Crippen LogP contribution in [0, 0.1) is 0 Å². The van der Waals surface area contributed by atoms with Crippen LogP contribution in [0.4, 0.5) is 0 Å². The molecule has 2 atom stereocenters. The van der Waals surface area contributed by atoms with E-state index in [1.54, 1.807) is 23.7 Å². The summed E-state index contributed by atoms with van der Waals surface area (Å²) in [6, 6.07) is 14.7. The number of benzene rings is 2. The third-order valence-electron chi connectivity index (χ3n) is 4.17. The lowest BCUT2D eigenvalue weighted by atomic mass is 10.0. The van der Waals surface area contributed by atoms with Crippen LogP contribution in [-0.2, 0) is 11.2 Å². The van der Waals surface area contributed by atoms with Crippen molar-refractivity contribution in [2.45, 2.75) is 30.4 Å². The lowest BCUT2D eigenvalue weighted by Crippen LogP contribution is -2.39. The molecule has 1 amide bonds. The average molecular weight is 364 g/mol. The van der Waals surface area contributed by atoms with E-state index in [1.807, 2.05) is 61.7 Å². The Labute approximate surface area is 152 Å². The Kier molecular flexibility index (Phi) is 6.72. The minimum Gasteiger partial charge on any atom is -0.386 e. The fourth-order valence-electron chi connectivity index (χ4n) is 2.49. The molecule has 0 bridgehead atoms. The Morgan fingerprint density at radius 3 is 2.50 bits per heavy atom. The van der Waals surface area contributed by atoms with Crippen LogP contribution in [0.1, 0.15) is 24.2 Å². The smallest absolute Gasteiger partial charge is 0.227 e. The summed E-state index contributed by atoms with van der Waals surface area (Å²) >= 11 is 7.78. The predicted octanol–water partition coefficient (Wildman–Crippen LogP) is 4.18. The molecule has 128 valence electrons. The van der Waals surface area contributed by atoms with Gasteiger partial charge in [-0.25, -0.2) is 0 Å². The van der Waals surface area contributed by atoms with Gasteiger partial charge >= 0.3 is 0 Å². The van der Waals surface area contributed by atoms with Crippen LogP contribution in [0.15, 0.2) is 53.4 Å². The number of rotatable bonds is 6. The summed E-state index contributed by atoms with van der Waals surface area (Å²) in [6.07, 6.45) is 1.51. The summed E-state index contributed by atoms with van der Waals surface area (Å²) in [5.41, 5.74) is 1.67. The first kappa shape index (κ1) is 18.8. The van der Waals surface area contributed by atoms with Gasteiger partial charge in [0.1, 0.15) is 0 Å². The molecule has 2 aromatic rings. The molecule has 0 heterocycles. The maximum absolute atomic E-state index is 12.5. The van der Waals surface area contributed by atoms with Gasteiger partial charge < -0.3 is 10.0 Å². The second-order valence-electron chi connectivity index (χ2n) is 5.75. The van der Waals surface area contributed by atoms with E-state index in [0.29, 0.717) is 5.02 Å². The molecule has 0 saturated carbocycles. The SMILES string of the molecule is CSc1ccc(CC(=O)N(C)C(C)C(O)c2ccccc2)cc1Cl. The lowest BCUT2D eigenvalue weighted by Gasteiger charge is -2.29. The zero-order valence-corrected chi connectivity index (χ0v) is 15.6. The van der Waals surface area contributed by atoms with Crippen LogP contribution in [0.2, 0.25) is 5.02 Å². The highest BCUT2D eigenvalue weighted by atomic mass is 35.5. The molecule has 2 rings (SSSR count). The number of aliphatic hydroxyl groups is 1. The topological polar surface area (TPSA) is 40.5 Å². The summed E-state index contributed by atoms with van der Waals surface area (Å²) in [5.74, 6) is -0.0505. The van der Waals surface area contributed by atoms with Crippen LogP contribution in [-0.4, -0.2) is 35.3 Å². The van der Waals surface area contributed by atoms with Gasteiger partial charge in [0.2, 0.25) is 5.91 Å². The van der Waals surface area contributed by atoms with Crippen molar-refractivity contribution in [3.05, 3.63) is 64.7 Å². The number of amides is 1. The van der Waals surface area contributed by atoms with Gasteiger partial charge in [0.25, 0.3) is 0 Å². The van der Waals surface area contributed by atoms with Crippen LogP contribution in [0.5, 0.6) is 0 Å². The van der Waals surface area contributed by atoms with Crippen LogP contribution in [0.25, 0.3) is 0 Å². The highest BCUT2D eigenvalue weighted by molar-refractivity contribution is 7.98. The lowest BCUT2D eigenvalue weighted by molar-refractivity contribution is -0.133. The van der Waals surface area contributed by atoms with E-state index in [4.69, 9.17) is 11.6 Å². The molecule has 1 N–H and O–H groups in total. The van der Waals surface area contributed by atoms with Gasteiger partial charge in [0.15, 0.2) is 0 Å². The third-order valence-corrected chi connectivity index (χ3v) is 5.39. The summed E-state index contributed by atoms with van der Waals surface area (Å²) in [6.45, 7) is 1.85. The van der Waals surface area contributed by atoms with Crippen molar-refractivity contribution in [3.63, 3.8) is 0 Å². The van der Waals surface area contributed by atoms with E-state index in [0.717, 1.165) is 16.0 Å². The molecule has 0 fully saturated rings. The minimum absolute atomic E-state index is 0.0505. The van der Waals surface area contributed by atoms with E-state index in [2.05, 4.69) is 0 Å². The summed E-state index contributed by atoms with van der Waals surface area (Å²) in [7, 11) is 1.72. The summed E-state index contributed by atoms with van der Waals surface area (Å²) < 4.78 is 0. The van der Waals surface area contributed by atoms with Crippen molar-refractivity contribution in [2.24, 2.45) is 0 Å². The molecule has 0 radical (unpaired) electrons. The predicted molar refractivity (Wildman–Crippen MR) is 101 cm³/mol. The van der Waals surface area contributed by atoms with Gasteiger partial charge in [0.05, 0.1) is 23.6 Å². The molecule has 0 aliphatic heterocycles. The first-order valence-corrected chi connectivity index (χ1v) is 9.35. The maximum atomic E-state index is 12.5. The van der Waals surface area contributed by atoms with Crippen molar-refractivity contribution in [1.82, 2.24) is 4.90 Å². The van der Waals surface area contributed by atoms with Gasteiger partial charge in [-0.3, -0.25) is 4.79 Å². The van der Waals surface area contributed by atoms with Crippen molar-refractivity contribution >= 4 is 29.3 Å². The molecule has 2 unspecified atom stereocenters. The van der Waals surface area contributed by atoms with E-state index >= 15 is 0 Å². The number of thioether (sulfide) groups is 1. The minimum atomic E-state index is -0.720. The standard InChI is InChI=1S/C19H22ClNO2S/c1-13(19(23)15-7-5-4-6-8-15)21(2)18(22)12-14-9-10-17(24-3)16(20)11-14/h4-11,13,19,23H,12H2,1-3H3. The van der Waals surface area contributed by atoms with Gasteiger partial charge in [0, 0.05) is 11.9 Å². The van der Waals surface area contributed by atoms with Gasteiger partial charge in [-0.15, -0.1) is 11.8 Å². The third kappa shape index (κ3) is 4.53. The molecule has 2 aromatic carbocycles. The molecule has 5 heteroatoms. The number of carbonyl (C=O) groups excluding carboxylic acids is 1. The molecular weight excluding hydrogens is 342 g/mol. The summed E-state index contributed by atoms with van der Waals surface area (Å²) in [5, 5.41) is 11.1. The van der Waals surface area contributed by atoms with Gasteiger partial charge in [-0.05, 0) is 36.4 Å². The Hall–Kier alpha value is -1.49. The number of hydrogen-bond donors (Lipinski definition) is 1. The quantitative estimate of drug-likeness (QED) is 0.782. The molecule has 0 aromatic heterocycles. The molecule has 0 saturated heterocycles. The Morgan fingerprint density at radius 2 is 1.92 bits per heavy atom. The second kappa shape index (κ2) is 8.56. The van der Waals surface area contributed by atoms with Crippen molar-refractivity contribution < 1.29 is 9.90 Å². The largest absolute Gasteiger partial charge is 0.386 e. The van der Waals surface area contributed by atoms with E-state index in [1.165, 1.54) is 0 Å². The molecule has 3 nitrogen and oxygen atoms in total. The molecular formula is C19H22ClNO2S. The van der Waals surface area contributed by atoms with Crippen molar-refractivity contribution in [3.8, 4) is 0 Å². The molecule has 24 heavy (non-hydrogen) atoms. The Morgan fingerprint density at radius 1 is 1.25 bits per heavy atom. The maximum Gasteiger partial charge on any atom is 0.227 e. The Bertz CT molecular complexity index is 693. The highest BCUT2D eigenvalue weighted by Crippen LogP contribution is 2.26. The zero-order chi connectivity index (χ0) is 17.7. The van der Waals surface area contributed by atoms with E-state index in [-0.39, 0.29) is 18.4 Å². The van der Waals surface area contributed by atoms with Crippen molar-refractivity contribution in [2.75, 3.05) is 13.3 Å². The monoisotopic (exact) mass is 363 g/mol. The van der Waals surface area contributed by atoms with Crippen molar-refractivity contribution in [1.29, 1.82) is 0 Å². The number of nitrogens with zero attached hydrogens (tertiary/aromatic N) is 1. The number of hydrogen-bond acceptors (Lipinski definition) is 3. The highest BCUT2D eigenvalue weighted by Gasteiger charge is 2.24. The first-order chi connectivity index (χ1) is 11.4. The van der Waals surface area contributed by atoms with Crippen LogP contribution >= 0.6 is 23.4 Å². The number of likely N-dealkylation sites (N-methyl/N-ethyl adjacent to an activating group) is 1. The van der Waals surface area contributed by atoms with Gasteiger partial charge in [-0.2, -0.15) is 0 Å². The zero-order valence-electron chi connectivity index (χ0n) is 14.1. The number of carbonyl (C=O) groups is 1. The first-order valence-electron chi connectivity index (χ1n) is 7.75. The van der Waals surface area contributed by atoms with Crippen LogP contribution < -0.4 is 0 Å². The molecule has 0 aliphatic rings. The fraction of sp³-hybridized carbons (Fsp3) is 0.316. The second-order valence-corrected chi connectivity index (χ2v) is 7.00. The Balaban J connectivity index is 2.04. The average Bonchev–Trinajstić information content (AvgIpc) is 2.60. The fourth-order valence-corrected chi connectivity index (χ4v) is 3.38. The molecule has 0 spiro atoms. The molecule has 0 aliphatic carbocycles. The normalized spacial score (nSPS) is 13.4. The number of halogens is 1. The number of aliphatic hydroxyl groups excluding tert-OH is 1. The van der Waals surface area contributed by atoms with E-state index < -0.39 is 6.10 Å². The summed E-state index contributed by atoms with van der Waals surface area (Å²) in [4.78, 5) is 15.1. The van der Waals surface area contributed by atoms with Gasteiger partial charge in [-0.1, -0.05) is 48.0 Å². The van der Waals surface area contributed by atoms with E-state index in [9.17, 15) is 9.90 Å².